The average Bonchev–Trinajstić information content (AvgIpc) is 3.03. The molecule has 1 unspecified atom stereocenters. The van der Waals surface area contributed by atoms with Crippen molar-refractivity contribution >= 4 is 16.2 Å². The first-order chi connectivity index (χ1) is 11.0. The normalized spacial score (nSPS) is 32.2. The lowest BCUT2D eigenvalue weighted by Crippen LogP contribution is -2.51. The molecule has 0 aromatic heterocycles. The largest absolute Gasteiger partial charge is 0.480 e. The van der Waals surface area contributed by atoms with Crippen molar-refractivity contribution in [1.29, 1.82) is 0 Å². The second-order valence-corrected chi connectivity index (χ2v) is 8.72. The molecule has 0 aromatic carbocycles. The summed E-state index contributed by atoms with van der Waals surface area (Å²) < 4.78 is 33.5. The summed E-state index contributed by atoms with van der Waals surface area (Å²) in [5.41, 5.74) is 0. The molecule has 3 rings (SSSR count). The molecule has 2 atom stereocenters. The van der Waals surface area contributed by atoms with Crippen LogP contribution in [0.3, 0.4) is 0 Å². The molecule has 0 aromatic rings. The van der Waals surface area contributed by atoms with Crippen molar-refractivity contribution in [3.63, 3.8) is 0 Å². The number of carboxylic acid groups (broad SMARTS) is 1. The first kappa shape index (κ1) is 17.1. The predicted octanol–water partition coefficient (Wildman–Crippen LogP) is 0.919. The topological polar surface area (TPSA) is 87.2 Å². The standard InChI is InChI=1S/C15H26N2O5S/c18-15(19)14-10-13(12-4-2-1-3-5-12)11-17(14)23(20,21)16-6-8-22-9-7-16/h12-14H,1-11H2,(H,18,19)/t13?,14-/m0/s1. The highest BCUT2D eigenvalue weighted by molar-refractivity contribution is 7.86. The van der Waals surface area contributed by atoms with Gasteiger partial charge in [-0.2, -0.15) is 17.0 Å². The van der Waals surface area contributed by atoms with Crippen LogP contribution in [0.25, 0.3) is 0 Å². The van der Waals surface area contributed by atoms with Gasteiger partial charge in [0.15, 0.2) is 0 Å². The van der Waals surface area contributed by atoms with E-state index in [0.717, 1.165) is 12.8 Å². The van der Waals surface area contributed by atoms with E-state index in [2.05, 4.69) is 0 Å². The van der Waals surface area contributed by atoms with E-state index in [1.807, 2.05) is 0 Å². The van der Waals surface area contributed by atoms with Gasteiger partial charge in [-0.1, -0.05) is 32.1 Å². The van der Waals surface area contributed by atoms with E-state index in [4.69, 9.17) is 4.74 Å². The lowest BCUT2D eigenvalue weighted by atomic mass is 9.79. The van der Waals surface area contributed by atoms with Crippen molar-refractivity contribution in [2.45, 2.75) is 44.6 Å². The number of rotatable bonds is 4. The van der Waals surface area contributed by atoms with Gasteiger partial charge in [0.2, 0.25) is 0 Å². The van der Waals surface area contributed by atoms with E-state index in [1.54, 1.807) is 0 Å². The van der Waals surface area contributed by atoms with Crippen LogP contribution >= 0.6 is 0 Å². The van der Waals surface area contributed by atoms with E-state index in [0.29, 0.717) is 45.2 Å². The van der Waals surface area contributed by atoms with Crippen LogP contribution < -0.4 is 0 Å². The molecule has 8 heteroatoms. The van der Waals surface area contributed by atoms with Gasteiger partial charge < -0.3 is 9.84 Å². The monoisotopic (exact) mass is 346 g/mol. The molecule has 3 aliphatic rings. The fraction of sp³-hybridized carbons (Fsp3) is 0.933. The van der Waals surface area contributed by atoms with E-state index < -0.39 is 22.2 Å². The number of ether oxygens (including phenoxy) is 1. The highest BCUT2D eigenvalue weighted by Gasteiger charge is 2.47. The fourth-order valence-corrected chi connectivity index (χ4v) is 5.97. The van der Waals surface area contributed by atoms with Gasteiger partial charge in [-0.3, -0.25) is 4.79 Å². The lowest BCUT2D eigenvalue weighted by molar-refractivity contribution is -0.140. The number of hydrogen-bond acceptors (Lipinski definition) is 4. The van der Waals surface area contributed by atoms with E-state index in [1.165, 1.54) is 27.9 Å². The van der Waals surface area contributed by atoms with Crippen molar-refractivity contribution in [3.8, 4) is 0 Å². The van der Waals surface area contributed by atoms with Crippen LogP contribution in [0.1, 0.15) is 38.5 Å². The van der Waals surface area contributed by atoms with Gasteiger partial charge in [-0.05, 0) is 18.3 Å². The maximum absolute atomic E-state index is 12.9. The van der Waals surface area contributed by atoms with Gasteiger partial charge in [-0.15, -0.1) is 0 Å². The number of nitrogens with zero attached hydrogens (tertiary/aromatic N) is 2. The molecular formula is C15H26N2O5S. The minimum absolute atomic E-state index is 0.173. The summed E-state index contributed by atoms with van der Waals surface area (Å²) in [6.07, 6.45) is 6.24. The van der Waals surface area contributed by atoms with Crippen molar-refractivity contribution < 1.29 is 23.1 Å². The minimum Gasteiger partial charge on any atom is -0.480 e. The number of carbonyl (C=O) groups is 1. The summed E-state index contributed by atoms with van der Waals surface area (Å²) in [5, 5.41) is 9.51. The molecule has 0 radical (unpaired) electrons. The lowest BCUT2D eigenvalue weighted by Gasteiger charge is -2.32. The van der Waals surface area contributed by atoms with E-state index in [9.17, 15) is 18.3 Å². The Balaban J connectivity index is 1.76. The second kappa shape index (κ2) is 7.04. The highest BCUT2D eigenvalue weighted by Crippen LogP contribution is 2.39. The third-order valence-electron chi connectivity index (χ3n) is 5.48. The predicted molar refractivity (Wildman–Crippen MR) is 84.1 cm³/mol. The van der Waals surface area contributed by atoms with Crippen LogP contribution in [-0.2, 0) is 19.7 Å². The molecule has 1 saturated carbocycles. The van der Waals surface area contributed by atoms with E-state index in [-0.39, 0.29) is 5.92 Å². The summed E-state index contributed by atoms with van der Waals surface area (Å²) >= 11 is 0. The summed E-state index contributed by atoms with van der Waals surface area (Å²) in [6, 6.07) is -0.922. The Labute approximate surface area is 137 Å². The van der Waals surface area contributed by atoms with Crippen LogP contribution in [0.15, 0.2) is 0 Å². The molecule has 2 aliphatic heterocycles. The first-order valence-corrected chi connectivity index (χ1v) is 9.97. The van der Waals surface area contributed by atoms with Crippen LogP contribution in [-0.4, -0.2) is 67.0 Å². The SMILES string of the molecule is O=C(O)[C@@H]1CC(C2CCCCC2)CN1S(=O)(=O)N1CCOCC1. The molecule has 1 N–H and O–H groups in total. The number of morpholine rings is 1. The Morgan fingerprint density at radius 3 is 2.30 bits per heavy atom. The Morgan fingerprint density at radius 2 is 1.70 bits per heavy atom. The average molecular weight is 346 g/mol. The van der Waals surface area contributed by atoms with Gasteiger partial charge in [0, 0.05) is 19.6 Å². The maximum atomic E-state index is 12.9. The van der Waals surface area contributed by atoms with Crippen LogP contribution in [0.4, 0.5) is 0 Å². The van der Waals surface area contributed by atoms with Gasteiger partial charge in [0.05, 0.1) is 13.2 Å². The highest BCUT2D eigenvalue weighted by atomic mass is 32.2. The molecule has 2 saturated heterocycles. The molecule has 7 nitrogen and oxygen atoms in total. The zero-order valence-corrected chi connectivity index (χ0v) is 14.2. The van der Waals surface area contributed by atoms with E-state index >= 15 is 0 Å². The van der Waals surface area contributed by atoms with Gasteiger partial charge >= 0.3 is 5.97 Å². The number of hydrogen-bond donors (Lipinski definition) is 1. The molecule has 0 spiro atoms. The van der Waals surface area contributed by atoms with Gasteiger partial charge in [0.25, 0.3) is 10.2 Å². The Hall–Kier alpha value is -0.700. The summed E-state index contributed by atoms with van der Waals surface area (Å²) in [5.74, 6) is -0.386. The van der Waals surface area contributed by atoms with Crippen molar-refractivity contribution in [2.75, 3.05) is 32.8 Å². The zero-order chi connectivity index (χ0) is 16.4. The molecule has 3 fully saturated rings. The molecule has 2 heterocycles. The van der Waals surface area contributed by atoms with Gasteiger partial charge in [-0.25, -0.2) is 0 Å². The Kier molecular flexibility index (Phi) is 5.25. The molecule has 0 bridgehead atoms. The van der Waals surface area contributed by atoms with Crippen molar-refractivity contribution in [2.24, 2.45) is 11.8 Å². The third kappa shape index (κ3) is 3.55. The molecular weight excluding hydrogens is 320 g/mol. The fourth-order valence-electron chi connectivity index (χ4n) is 4.19. The summed E-state index contributed by atoms with van der Waals surface area (Å²) in [4.78, 5) is 11.6. The molecule has 23 heavy (non-hydrogen) atoms. The van der Waals surface area contributed by atoms with Crippen LogP contribution in [0.5, 0.6) is 0 Å². The summed E-state index contributed by atoms with van der Waals surface area (Å²) in [6.45, 7) is 1.70. The van der Waals surface area contributed by atoms with Crippen molar-refractivity contribution in [3.05, 3.63) is 0 Å². The zero-order valence-electron chi connectivity index (χ0n) is 13.4. The number of aliphatic carboxylic acids is 1. The minimum atomic E-state index is -3.72. The maximum Gasteiger partial charge on any atom is 0.322 e. The number of carboxylic acids is 1. The third-order valence-corrected chi connectivity index (χ3v) is 7.50. The second-order valence-electron chi connectivity index (χ2n) is 6.84. The molecule has 132 valence electrons. The molecule has 1 aliphatic carbocycles. The van der Waals surface area contributed by atoms with Crippen molar-refractivity contribution in [1.82, 2.24) is 8.61 Å². The van der Waals surface area contributed by atoms with Gasteiger partial charge in [0.1, 0.15) is 6.04 Å². The Bertz CT molecular complexity index is 526. The smallest absolute Gasteiger partial charge is 0.322 e. The Morgan fingerprint density at radius 1 is 1.04 bits per heavy atom. The molecule has 0 amide bonds. The summed E-state index contributed by atoms with van der Waals surface area (Å²) in [7, 11) is -3.72. The quantitative estimate of drug-likeness (QED) is 0.818. The van der Waals surface area contributed by atoms with Crippen LogP contribution in [0, 0.1) is 11.8 Å². The first-order valence-electron chi connectivity index (χ1n) is 8.57. The van der Waals surface area contributed by atoms with Crippen LogP contribution in [0.2, 0.25) is 0 Å².